The number of hydrogen-bond acceptors (Lipinski definition) is 4. The molecule has 208 valence electrons. The number of rotatable bonds is 11. The van der Waals surface area contributed by atoms with E-state index in [1.54, 1.807) is 13.0 Å². The van der Waals surface area contributed by atoms with E-state index in [1.807, 2.05) is 27.7 Å². The van der Waals surface area contributed by atoms with Gasteiger partial charge in [-0.2, -0.15) is 0 Å². The van der Waals surface area contributed by atoms with Gasteiger partial charge in [-0.05, 0) is 83.6 Å². The van der Waals surface area contributed by atoms with E-state index in [2.05, 4.69) is 49.2 Å². The lowest BCUT2D eigenvalue weighted by molar-refractivity contribution is 0.0172. The summed E-state index contributed by atoms with van der Waals surface area (Å²) >= 11 is 7.16. The SMILES string of the molecule is C=C(C)CC[C@@](C)(Nc1c(Cl)c(-c2nc(N)cc(C)c2C(C)(F)F)cc(C)c1C(C)=NC(=C)C)C(C)CC. The van der Waals surface area contributed by atoms with Crippen molar-refractivity contribution in [2.45, 2.75) is 93.0 Å². The highest BCUT2D eigenvalue weighted by Crippen LogP contribution is 2.45. The molecule has 1 heterocycles. The molecule has 2 aromatic rings. The molecule has 2 rings (SSSR count). The number of aliphatic imine (C=N–C) groups is 1. The summed E-state index contributed by atoms with van der Waals surface area (Å²) in [5.74, 6) is -2.71. The second-order valence-corrected chi connectivity index (χ2v) is 11.4. The van der Waals surface area contributed by atoms with Crippen LogP contribution in [0.4, 0.5) is 20.3 Å². The Hall–Kier alpha value is -2.73. The first kappa shape index (κ1) is 31.5. The molecule has 0 amide bonds. The topological polar surface area (TPSA) is 63.3 Å². The molecule has 1 aromatic heterocycles. The normalized spacial score (nSPS) is 14.7. The molecule has 2 atom stereocenters. The summed E-state index contributed by atoms with van der Waals surface area (Å²) in [4.78, 5) is 8.99. The van der Waals surface area contributed by atoms with Crippen LogP contribution in [0.15, 0.2) is 41.6 Å². The Bertz CT molecular complexity index is 1260. The summed E-state index contributed by atoms with van der Waals surface area (Å²) in [5.41, 5.74) is 11.1. The molecule has 0 aliphatic carbocycles. The van der Waals surface area contributed by atoms with Gasteiger partial charge in [0.1, 0.15) is 5.82 Å². The maximum Gasteiger partial charge on any atom is 0.272 e. The summed E-state index contributed by atoms with van der Waals surface area (Å²) in [6.45, 7) is 24.7. The second-order valence-electron chi connectivity index (χ2n) is 11.0. The van der Waals surface area contributed by atoms with Gasteiger partial charge in [-0.1, -0.05) is 44.0 Å². The van der Waals surface area contributed by atoms with Crippen molar-refractivity contribution in [3.63, 3.8) is 0 Å². The summed E-state index contributed by atoms with van der Waals surface area (Å²) in [7, 11) is 0. The average molecular weight is 545 g/mol. The number of nitrogen functional groups attached to an aromatic ring is 1. The van der Waals surface area contributed by atoms with Crippen molar-refractivity contribution < 1.29 is 8.78 Å². The van der Waals surface area contributed by atoms with Gasteiger partial charge in [0.05, 0.1) is 16.4 Å². The molecule has 0 radical (unpaired) electrons. The van der Waals surface area contributed by atoms with Gasteiger partial charge in [0, 0.05) is 40.6 Å². The molecule has 0 fully saturated rings. The molecule has 3 N–H and O–H groups in total. The van der Waals surface area contributed by atoms with Gasteiger partial charge in [-0.3, -0.25) is 4.99 Å². The van der Waals surface area contributed by atoms with E-state index in [-0.39, 0.29) is 28.5 Å². The third-order valence-corrected chi connectivity index (χ3v) is 7.69. The van der Waals surface area contributed by atoms with Gasteiger partial charge in [-0.25, -0.2) is 13.8 Å². The van der Waals surface area contributed by atoms with Crippen molar-refractivity contribution in [2.75, 3.05) is 11.1 Å². The Labute approximate surface area is 232 Å². The van der Waals surface area contributed by atoms with Crippen molar-refractivity contribution in [1.29, 1.82) is 0 Å². The number of nitrogens with one attached hydrogen (secondary N) is 1. The van der Waals surface area contributed by atoms with E-state index in [1.165, 1.54) is 6.07 Å². The maximum atomic E-state index is 14.9. The van der Waals surface area contributed by atoms with E-state index in [9.17, 15) is 8.78 Å². The summed E-state index contributed by atoms with van der Waals surface area (Å²) in [5, 5.41) is 4.06. The Balaban J connectivity index is 3.00. The Morgan fingerprint density at radius 1 is 1.16 bits per heavy atom. The van der Waals surface area contributed by atoms with Gasteiger partial charge in [0.25, 0.3) is 5.92 Å². The molecule has 0 aliphatic heterocycles. The van der Waals surface area contributed by atoms with Gasteiger partial charge < -0.3 is 11.1 Å². The number of alkyl halides is 2. The number of allylic oxidation sites excluding steroid dienone is 2. The quantitative estimate of drug-likeness (QED) is 0.218. The molecule has 0 bridgehead atoms. The lowest BCUT2D eigenvalue weighted by Crippen LogP contribution is -2.42. The molecule has 4 nitrogen and oxygen atoms in total. The maximum absolute atomic E-state index is 14.9. The fourth-order valence-corrected chi connectivity index (χ4v) is 5.27. The highest BCUT2D eigenvalue weighted by atomic mass is 35.5. The molecule has 0 saturated heterocycles. The zero-order valence-corrected chi connectivity index (χ0v) is 25.1. The fourth-order valence-electron chi connectivity index (χ4n) is 4.98. The zero-order chi connectivity index (χ0) is 29.2. The predicted molar refractivity (Wildman–Crippen MR) is 161 cm³/mol. The van der Waals surface area contributed by atoms with Crippen molar-refractivity contribution in [3.05, 3.63) is 63.8 Å². The van der Waals surface area contributed by atoms with Crippen molar-refractivity contribution in [1.82, 2.24) is 4.98 Å². The predicted octanol–water partition coefficient (Wildman–Crippen LogP) is 9.63. The monoisotopic (exact) mass is 544 g/mol. The smallest absolute Gasteiger partial charge is 0.272 e. The Morgan fingerprint density at radius 3 is 2.26 bits per heavy atom. The highest BCUT2D eigenvalue weighted by Gasteiger charge is 2.35. The standard InChI is InChI=1S/C31H43ClF2N4/c1-12-21(8)30(10,14-13-17(2)3)38-29-25(22(9)36-18(4)5)19(6)15-23(27(29)32)28-26(31(11,33)34)20(7)16-24(35)37-28/h15-16,21,38H,2,4,12-14H2,1,3,5-11H3,(H2,35,37)/t21?,30-/m1/s1. The molecule has 1 aromatic carbocycles. The summed E-state index contributed by atoms with van der Waals surface area (Å²) in [6.07, 6.45) is 2.59. The Kier molecular flexibility index (Phi) is 9.93. The number of halogens is 3. The molecule has 38 heavy (non-hydrogen) atoms. The van der Waals surface area contributed by atoms with Gasteiger partial charge in [0.2, 0.25) is 0 Å². The number of hydrogen-bond donors (Lipinski definition) is 2. The van der Waals surface area contributed by atoms with Gasteiger partial charge in [-0.15, -0.1) is 6.58 Å². The second kappa shape index (κ2) is 12.0. The van der Waals surface area contributed by atoms with E-state index in [0.29, 0.717) is 27.5 Å². The summed E-state index contributed by atoms with van der Waals surface area (Å²) < 4.78 is 29.8. The number of pyridine rings is 1. The zero-order valence-electron chi connectivity index (χ0n) is 24.4. The van der Waals surface area contributed by atoms with Crippen LogP contribution in [-0.2, 0) is 5.92 Å². The molecule has 7 heteroatoms. The van der Waals surface area contributed by atoms with Crippen LogP contribution < -0.4 is 11.1 Å². The van der Waals surface area contributed by atoms with Crippen LogP contribution in [0.5, 0.6) is 0 Å². The van der Waals surface area contributed by atoms with Gasteiger partial charge in [0.15, 0.2) is 0 Å². The lowest BCUT2D eigenvalue weighted by Gasteiger charge is -2.39. The Morgan fingerprint density at radius 2 is 1.76 bits per heavy atom. The minimum atomic E-state index is -3.15. The first-order valence-electron chi connectivity index (χ1n) is 13.1. The highest BCUT2D eigenvalue weighted by molar-refractivity contribution is 6.37. The lowest BCUT2D eigenvalue weighted by atomic mass is 9.79. The molecular formula is C31H43ClF2N4. The minimum Gasteiger partial charge on any atom is -0.384 e. The van der Waals surface area contributed by atoms with Crippen LogP contribution in [0, 0.1) is 19.8 Å². The van der Waals surface area contributed by atoms with Gasteiger partial charge >= 0.3 is 0 Å². The van der Waals surface area contributed by atoms with Crippen LogP contribution in [0.3, 0.4) is 0 Å². The third kappa shape index (κ3) is 7.02. The van der Waals surface area contributed by atoms with E-state index < -0.39 is 5.92 Å². The number of aromatic nitrogens is 1. The van der Waals surface area contributed by atoms with Crippen LogP contribution in [0.25, 0.3) is 11.3 Å². The molecule has 0 aliphatic rings. The van der Waals surface area contributed by atoms with E-state index in [0.717, 1.165) is 48.6 Å². The molecule has 0 saturated carbocycles. The first-order chi connectivity index (χ1) is 17.4. The van der Waals surface area contributed by atoms with E-state index >= 15 is 0 Å². The van der Waals surface area contributed by atoms with Crippen LogP contribution >= 0.6 is 11.6 Å². The van der Waals surface area contributed by atoms with Crippen LogP contribution in [0.1, 0.15) is 90.0 Å². The average Bonchev–Trinajstić information content (AvgIpc) is 2.77. The molecule has 0 spiro atoms. The largest absolute Gasteiger partial charge is 0.384 e. The number of nitrogens with zero attached hydrogens (tertiary/aromatic N) is 2. The number of benzene rings is 1. The number of nitrogens with two attached hydrogens (primary N) is 1. The van der Waals surface area contributed by atoms with Crippen LogP contribution in [0.2, 0.25) is 5.02 Å². The fraction of sp³-hybridized carbons (Fsp3) is 0.484. The minimum absolute atomic E-state index is 0.0828. The first-order valence-corrected chi connectivity index (χ1v) is 13.4. The van der Waals surface area contributed by atoms with Crippen LogP contribution in [-0.4, -0.2) is 16.2 Å². The summed E-state index contributed by atoms with van der Waals surface area (Å²) in [6, 6.07) is 3.26. The van der Waals surface area contributed by atoms with E-state index in [4.69, 9.17) is 17.3 Å². The van der Waals surface area contributed by atoms with Crippen molar-refractivity contribution in [3.8, 4) is 11.3 Å². The molecule has 1 unspecified atom stereocenters. The van der Waals surface area contributed by atoms with Crippen molar-refractivity contribution >= 4 is 28.8 Å². The third-order valence-electron chi connectivity index (χ3n) is 7.29. The molecular weight excluding hydrogens is 502 g/mol. The van der Waals surface area contributed by atoms with Crippen molar-refractivity contribution in [2.24, 2.45) is 10.9 Å². The number of anilines is 2. The number of aryl methyl sites for hydroxylation is 2.